The number of aryl methyl sites for hydroxylation is 3. The number of thiophene rings is 1. The molecule has 0 unspecified atom stereocenters. The number of rotatable bonds is 3. The van der Waals surface area contributed by atoms with Crippen molar-refractivity contribution in [2.24, 2.45) is 0 Å². The van der Waals surface area contributed by atoms with Gasteiger partial charge in [-0.05, 0) is 38.5 Å². The maximum atomic E-state index is 4.62. The van der Waals surface area contributed by atoms with Gasteiger partial charge in [-0.2, -0.15) is 0 Å². The van der Waals surface area contributed by atoms with E-state index >= 15 is 0 Å². The van der Waals surface area contributed by atoms with Gasteiger partial charge in [-0.15, -0.1) is 11.3 Å². The van der Waals surface area contributed by atoms with Crippen LogP contribution in [0.4, 0.5) is 0 Å². The van der Waals surface area contributed by atoms with E-state index in [9.17, 15) is 0 Å². The van der Waals surface area contributed by atoms with Crippen molar-refractivity contribution in [1.82, 2.24) is 15.0 Å². The van der Waals surface area contributed by atoms with E-state index in [0.29, 0.717) is 0 Å². The molecule has 20 heavy (non-hydrogen) atoms. The van der Waals surface area contributed by atoms with E-state index in [1.54, 1.807) is 23.1 Å². The maximum Gasteiger partial charge on any atom is 0.128 e. The third-order valence-corrected chi connectivity index (χ3v) is 5.30. The van der Waals surface area contributed by atoms with Gasteiger partial charge in [0.1, 0.15) is 15.7 Å². The van der Waals surface area contributed by atoms with Crippen molar-refractivity contribution in [3.05, 3.63) is 46.4 Å². The van der Waals surface area contributed by atoms with Gasteiger partial charge in [-0.25, -0.2) is 9.97 Å². The Balaban J connectivity index is 1.98. The number of nitrogens with zero attached hydrogens (tertiary/aromatic N) is 3. The topological polar surface area (TPSA) is 38.7 Å². The SMILES string of the molecule is Cc1nc(SCc2ccccn2)c2c(C)c(C)sc2n1. The van der Waals surface area contributed by atoms with Gasteiger partial charge in [-0.3, -0.25) is 4.98 Å². The second-order valence-electron chi connectivity index (χ2n) is 4.65. The Morgan fingerprint density at radius 1 is 1.15 bits per heavy atom. The molecule has 0 bridgehead atoms. The molecular weight excluding hydrogens is 286 g/mol. The van der Waals surface area contributed by atoms with Crippen LogP contribution in [0, 0.1) is 20.8 Å². The van der Waals surface area contributed by atoms with Crippen LogP contribution in [0.15, 0.2) is 29.4 Å². The fourth-order valence-corrected chi connectivity index (χ4v) is 4.23. The first-order chi connectivity index (χ1) is 9.65. The van der Waals surface area contributed by atoms with Crippen molar-refractivity contribution in [3.63, 3.8) is 0 Å². The zero-order chi connectivity index (χ0) is 14.1. The molecule has 0 N–H and O–H groups in total. The van der Waals surface area contributed by atoms with Crippen molar-refractivity contribution in [1.29, 1.82) is 0 Å². The molecule has 0 spiro atoms. The normalized spacial score (nSPS) is 11.2. The van der Waals surface area contributed by atoms with Crippen molar-refractivity contribution in [2.75, 3.05) is 0 Å². The summed E-state index contributed by atoms with van der Waals surface area (Å²) in [6.07, 6.45) is 1.83. The van der Waals surface area contributed by atoms with E-state index in [1.165, 1.54) is 15.8 Å². The van der Waals surface area contributed by atoms with Crippen LogP contribution in [-0.4, -0.2) is 15.0 Å². The first kappa shape index (κ1) is 13.5. The van der Waals surface area contributed by atoms with Crippen LogP contribution in [0.3, 0.4) is 0 Å². The molecule has 0 aliphatic heterocycles. The van der Waals surface area contributed by atoms with Crippen LogP contribution in [-0.2, 0) is 5.75 Å². The summed E-state index contributed by atoms with van der Waals surface area (Å²) in [6, 6.07) is 6.00. The number of hydrogen-bond acceptors (Lipinski definition) is 5. The quantitative estimate of drug-likeness (QED) is 0.534. The smallest absolute Gasteiger partial charge is 0.128 e. The van der Waals surface area contributed by atoms with Crippen molar-refractivity contribution >= 4 is 33.3 Å². The second-order valence-corrected chi connectivity index (χ2v) is 6.82. The molecule has 3 heterocycles. The minimum Gasteiger partial charge on any atom is -0.260 e. The van der Waals surface area contributed by atoms with Crippen molar-refractivity contribution in [2.45, 2.75) is 31.6 Å². The van der Waals surface area contributed by atoms with Crippen LogP contribution in [0.5, 0.6) is 0 Å². The Hall–Kier alpha value is -1.46. The third kappa shape index (κ3) is 2.55. The molecule has 0 aliphatic rings. The van der Waals surface area contributed by atoms with E-state index in [1.807, 2.05) is 31.3 Å². The van der Waals surface area contributed by atoms with Crippen LogP contribution < -0.4 is 0 Å². The molecule has 0 fully saturated rings. The van der Waals surface area contributed by atoms with Crippen LogP contribution in [0.1, 0.15) is 22.0 Å². The summed E-state index contributed by atoms with van der Waals surface area (Å²) >= 11 is 3.49. The minimum absolute atomic E-state index is 0.834. The second kappa shape index (κ2) is 5.50. The number of thioether (sulfide) groups is 1. The first-order valence-corrected chi connectivity index (χ1v) is 8.22. The highest BCUT2D eigenvalue weighted by Gasteiger charge is 2.13. The highest BCUT2D eigenvalue weighted by molar-refractivity contribution is 7.98. The van der Waals surface area contributed by atoms with Crippen LogP contribution in [0.25, 0.3) is 10.2 Å². The molecule has 0 aromatic carbocycles. The Morgan fingerprint density at radius 3 is 2.75 bits per heavy atom. The monoisotopic (exact) mass is 301 g/mol. The standard InChI is InChI=1S/C15H15N3S2/c1-9-10(2)20-15-13(9)14(17-11(3)18-15)19-8-12-6-4-5-7-16-12/h4-7H,8H2,1-3H3. The van der Waals surface area contributed by atoms with Gasteiger partial charge in [0.2, 0.25) is 0 Å². The molecule has 3 aromatic heterocycles. The van der Waals surface area contributed by atoms with Crippen LogP contribution >= 0.6 is 23.1 Å². The lowest BCUT2D eigenvalue weighted by molar-refractivity contribution is 1.01. The summed E-state index contributed by atoms with van der Waals surface area (Å²) in [5.74, 6) is 1.67. The summed E-state index contributed by atoms with van der Waals surface area (Å²) in [5, 5.41) is 2.28. The lowest BCUT2D eigenvalue weighted by atomic mass is 10.2. The van der Waals surface area contributed by atoms with Gasteiger partial charge in [0.25, 0.3) is 0 Å². The summed E-state index contributed by atoms with van der Waals surface area (Å²) in [4.78, 5) is 15.9. The minimum atomic E-state index is 0.834. The van der Waals surface area contributed by atoms with Gasteiger partial charge < -0.3 is 0 Å². The average molecular weight is 301 g/mol. The zero-order valence-corrected chi connectivity index (χ0v) is 13.3. The number of aromatic nitrogens is 3. The molecular formula is C15H15N3S2. The molecule has 0 amide bonds. The van der Waals surface area contributed by atoms with Crippen molar-refractivity contribution in [3.8, 4) is 0 Å². The summed E-state index contributed by atoms with van der Waals surface area (Å²) in [7, 11) is 0. The van der Waals surface area contributed by atoms with Gasteiger partial charge >= 0.3 is 0 Å². The Kier molecular flexibility index (Phi) is 3.72. The lowest BCUT2D eigenvalue weighted by Crippen LogP contribution is -1.92. The molecule has 3 aromatic rings. The van der Waals surface area contributed by atoms with E-state index in [0.717, 1.165) is 27.1 Å². The number of hydrogen-bond donors (Lipinski definition) is 0. The van der Waals surface area contributed by atoms with Gasteiger partial charge in [0, 0.05) is 22.2 Å². The molecule has 0 saturated heterocycles. The predicted octanol–water partition coefficient (Wildman–Crippen LogP) is 4.30. The first-order valence-electron chi connectivity index (χ1n) is 6.42. The molecule has 0 saturated carbocycles. The fraction of sp³-hybridized carbons (Fsp3) is 0.267. The van der Waals surface area contributed by atoms with Crippen LogP contribution in [0.2, 0.25) is 0 Å². The highest BCUT2D eigenvalue weighted by atomic mass is 32.2. The van der Waals surface area contributed by atoms with E-state index in [-0.39, 0.29) is 0 Å². The molecule has 3 rings (SSSR count). The third-order valence-electron chi connectivity index (χ3n) is 3.19. The van der Waals surface area contributed by atoms with E-state index in [2.05, 4.69) is 28.8 Å². The molecule has 102 valence electrons. The Labute approximate surface area is 126 Å². The highest BCUT2D eigenvalue weighted by Crippen LogP contribution is 2.35. The molecule has 5 heteroatoms. The van der Waals surface area contributed by atoms with Crippen molar-refractivity contribution < 1.29 is 0 Å². The number of fused-ring (bicyclic) bond motifs is 1. The van der Waals surface area contributed by atoms with Gasteiger partial charge in [0.05, 0.1) is 5.69 Å². The summed E-state index contributed by atoms with van der Waals surface area (Å²) in [6.45, 7) is 6.25. The summed E-state index contributed by atoms with van der Waals surface area (Å²) < 4.78 is 0. The van der Waals surface area contributed by atoms with Gasteiger partial charge in [0.15, 0.2) is 0 Å². The maximum absolute atomic E-state index is 4.62. The number of pyridine rings is 1. The molecule has 0 aliphatic carbocycles. The Bertz CT molecular complexity index is 751. The lowest BCUT2D eigenvalue weighted by Gasteiger charge is -2.04. The fourth-order valence-electron chi connectivity index (χ4n) is 2.04. The average Bonchev–Trinajstić information content (AvgIpc) is 2.72. The predicted molar refractivity (Wildman–Crippen MR) is 85.4 cm³/mol. The van der Waals surface area contributed by atoms with E-state index in [4.69, 9.17) is 0 Å². The Morgan fingerprint density at radius 2 is 2.00 bits per heavy atom. The molecule has 3 nitrogen and oxygen atoms in total. The molecule has 0 radical (unpaired) electrons. The molecule has 0 atom stereocenters. The van der Waals surface area contributed by atoms with Gasteiger partial charge in [-0.1, -0.05) is 17.8 Å². The largest absolute Gasteiger partial charge is 0.260 e. The summed E-state index contributed by atoms with van der Waals surface area (Å²) in [5.41, 5.74) is 2.38. The van der Waals surface area contributed by atoms with E-state index < -0.39 is 0 Å². The zero-order valence-electron chi connectivity index (χ0n) is 11.7.